The minimum Gasteiger partial charge on any atom is -0.398 e. The highest BCUT2D eigenvalue weighted by atomic mass is 32.2. The minimum atomic E-state index is -0.579. The van der Waals surface area contributed by atoms with Crippen molar-refractivity contribution in [1.29, 1.82) is 0 Å². The number of hydrogen-bond acceptors (Lipinski definition) is 4. The topological polar surface area (TPSA) is 69.2 Å². The summed E-state index contributed by atoms with van der Waals surface area (Å²) in [7, 11) is 0. The zero-order chi connectivity index (χ0) is 14.7. The Labute approximate surface area is 117 Å². The predicted octanol–water partition coefficient (Wildman–Crippen LogP) is 3.75. The van der Waals surface area contributed by atoms with E-state index in [0.717, 1.165) is 30.0 Å². The van der Waals surface area contributed by atoms with Crippen molar-refractivity contribution in [2.45, 2.75) is 10.6 Å². The van der Waals surface area contributed by atoms with Crippen LogP contribution in [0.15, 0.2) is 41.3 Å². The first kappa shape index (κ1) is 14.3. The Morgan fingerprint density at radius 1 is 1.15 bits per heavy atom. The lowest BCUT2D eigenvalue weighted by Gasteiger charge is -2.06. The summed E-state index contributed by atoms with van der Waals surface area (Å²) in [6.45, 7) is 0. The summed E-state index contributed by atoms with van der Waals surface area (Å²) in [4.78, 5) is 10.7. The Bertz CT molecular complexity index is 665. The van der Waals surface area contributed by atoms with Crippen molar-refractivity contribution in [3.05, 3.63) is 63.7 Å². The molecule has 0 aliphatic heterocycles. The van der Waals surface area contributed by atoms with Gasteiger partial charge in [0.15, 0.2) is 0 Å². The molecule has 0 atom stereocenters. The molecule has 0 bridgehead atoms. The van der Waals surface area contributed by atoms with Gasteiger partial charge < -0.3 is 5.73 Å². The van der Waals surface area contributed by atoms with Crippen molar-refractivity contribution in [1.82, 2.24) is 0 Å². The molecule has 2 N–H and O–H groups in total. The van der Waals surface area contributed by atoms with Gasteiger partial charge in [-0.3, -0.25) is 10.1 Å². The van der Waals surface area contributed by atoms with Crippen molar-refractivity contribution in [2.24, 2.45) is 0 Å². The van der Waals surface area contributed by atoms with Crippen LogP contribution in [0.2, 0.25) is 0 Å². The SMILES string of the molecule is Nc1ccc(F)cc1SCc1cc(F)ccc1[N+](=O)[O-]. The number of benzene rings is 2. The van der Waals surface area contributed by atoms with E-state index in [0.29, 0.717) is 10.6 Å². The number of nitro groups is 1. The van der Waals surface area contributed by atoms with Gasteiger partial charge >= 0.3 is 0 Å². The number of anilines is 1. The highest BCUT2D eigenvalue weighted by molar-refractivity contribution is 7.98. The molecule has 2 rings (SSSR count). The number of nitrogen functional groups attached to an aromatic ring is 1. The maximum absolute atomic E-state index is 13.2. The molecule has 0 amide bonds. The number of nitrogens with two attached hydrogens (primary N) is 1. The fraction of sp³-hybridized carbons (Fsp3) is 0.0769. The molecule has 7 heteroatoms. The largest absolute Gasteiger partial charge is 0.398 e. The molecular weight excluding hydrogens is 286 g/mol. The summed E-state index contributed by atoms with van der Waals surface area (Å²) in [5.74, 6) is -0.879. The number of thioether (sulfide) groups is 1. The van der Waals surface area contributed by atoms with E-state index in [-0.39, 0.29) is 17.0 Å². The summed E-state index contributed by atoms with van der Waals surface area (Å²) >= 11 is 1.12. The fourth-order valence-corrected chi connectivity index (χ4v) is 2.61. The fourth-order valence-electron chi connectivity index (χ4n) is 1.64. The van der Waals surface area contributed by atoms with Crippen molar-refractivity contribution in [3.63, 3.8) is 0 Å². The molecule has 0 aliphatic carbocycles. The summed E-state index contributed by atoms with van der Waals surface area (Å²) in [6.07, 6.45) is 0. The van der Waals surface area contributed by atoms with Gasteiger partial charge in [-0.25, -0.2) is 8.78 Å². The molecule has 0 fully saturated rings. The highest BCUT2D eigenvalue weighted by Crippen LogP contribution is 2.32. The molecule has 0 unspecified atom stereocenters. The van der Waals surface area contributed by atoms with Crippen LogP contribution < -0.4 is 5.73 Å². The summed E-state index contributed by atoms with van der Waals surface area (Å²) in [5.41, 5.74) is 6.11. The molecule has 2 aromatic carbocycles. The van der Waals surface area contributed by atoms with Crippen molar-refractivity contribution < 1.29 is 13.7 Å². The van der Waals surface area contributed by atoms with Crippen LogP contribution in [0.25, 0.3) is 0 Å². The van der Waals surface area contributed by atoms with Crippen LogP contribution in [0.3, 0.4) is 0 Å². The Morgan fingerprint density at radius 2 is 1.80 bits per heavy atom. The lowest BCUT2D eigenvalue weighted by Crippen LogP contribution is -1.96. The summed E-state index contributed by atoms with van der Waals surface area (Å²) in [6, 6.07) is 7.12. The molecule has 0 spiro atoms. The van der Waals surface area contributed by atoms with Gasteiger partial charge in [-0.1, -0.05) is 0 Å². The second-order valence-corrected chi connectivity index (χ2v) is 5.02. The Balaban J connectivity index is 2.24. The van der Waals surface area contributed by atoms with Crippen LogP contribution in [0, 0.1) is 21.7 Å². The molecule has 0 saturated carbocycles. The average Bonchev–Trinajstić information content (AvgIpc) is 2.39. The molecule has 0 radical (unpaired) electrons. The lowest BCUT2D eigenvalue weighted by atomic mass is 10.2. The summed E-state index contributed by atoms with van der Waals surface area (Å²) in [5, 5.41) is 10.9. The molecule has 20 heavy (non-hydrogen) atoms. The maximum Gasteiger partial charge on any atom is 0.273 e. The van der Waals surface area contributed by atoms with Crippen LogP contribution in [-0.2, 0) is 5.75 Å². The minimum absolute atomic E-state index is 0.127. The Morgan fingerprint density at radius 3 is 2.50 bits per heavy atom. The van der Waals surface area contributed by atoms with E-state index in [1.807, 2.05) is 0 Å². The van der Waals surface area contributed by atoms with E-state index < -0.39 is 16.6 Å². The van der Waals surface area contributed by atoms with Gasteiger partial charge in [0.2, 0.25) is 0 Å². The van der Waals surface area contributed by atoms with E-state index in [2.05, 4.69) is 0 Å². The molecule has 0 aromatic heterocycles. The van der Waals surface area contributed by atoms with E-state index in [4.69, 9.17) is 5.73 Å². The molecule has 0 saturated heterocycles. The van der Waals surface area contributed by atoms with Crippen LogP contribution in [-0.4, -0.2) is 4.92 Å². The van der Waals surface area contributed by atoms with Gasteiger partial charge in [0.05, 0.1) is 4.92 Å². The zero-order valence-electron chi connectivity index (χ0n) is 10.2. The van der Waals surface area contributed by atoms with E-state index >= 15 is 0 Å². The normalized spacial score (nSPS) is 10.5. The molecule has 104 valence electrons. The van der Waals surface area contributed by atoms with Gasteiger partial charge in [-0.15, -0.1) is 11.8 Å². The van der Waals surface area contributed by atoms with Crippen LogP contribution in [0.5, 0.6) is 0 Å². The third-order valence-electron chi connectivity index (χ3n) is 2.60. The highest BCUT2D eigenvalue weighted by Gasteiger charge is 2.15. The third kappa shape index (κ3) is 3.24. The van der Waals surface area contributed by atoms with E-state index in [1.54, 1.807) is 0 Å². The third-order valence-corrected chi connectivity index (χ3v) is 3.72. The molecule has 0 heterocycles. The lowest BCUT2D eigenvalue weighted by molar-refractivity contribution is -0.385. The predicted molar refractivity (Wildman–Crippen MR) is 73.4 cm³/mol. The molecule has 4 nitrogen and oxygen atoms in total. The first-order valence-electron chi connectivity index (χ1n) is 5.58. The number of nitro benzene ring substituents is 1. The Hall–Kier alpha value is -2.15. The number of halogens is 2. The molecular formula is C13H10F2N2O2S. The van der Waals surface area contributed by atoms with Crippen LogP contribution in [0.4, 0.5) is 20.2 Å². The van der Waals surface area contributed by atoms with Gasteiger partial charge in [-0.05, 0) is 30.3 Å². The standard InChI is InChI=1S/C13H10F2N2O2S/c14-9-2-4-12(17(18)19)8(5-9)7-20-13-6-10(15)1-3-11(13)16/h1-6H,7,16H2. The van der Waals surface area contributed by atoms with Crippen LogP contribution in [0.1, 0.15) is 5.56 Å². The van der Waals surface area contributed by atoms with Crippen LogP contribution >= 0.6 is 11.8 Å². The number of hydrogen-bond donors (Lipinski definition) is 1. The van der Waals surface area contributed by atoms with E-state index in [9.17, 15) is 18.9 Å². The average molecular weight is 296 g/mol. The van der Waals surface area contributed by atoms with Crippen molar-refractivity contribution >= 4 is 23.1 Å². The molecule has 0 aliphatic rings. The molecule has 2 aromatic rings. The smallest absolute Gasteiger partial charge is 0.273 e. The monoisotopic (exact) mass is 296 g/mol. The second-order valence-electron chi connectivity index (χ2n) is 4.00. The quantitative estimate of drug-likeness (QED) is 0.404. The first-order valence-corrected chi connectivity index (χ1v) is 6.56. The summed E-state index contributed by atoms with van der Waals surface area (Å²) < 4.78 is 26.3. The van der Waals surface area contributed by atoms with Gasteiger partial charge in [0, 0.05) is 28.0 Å². The van der Waals surface area contributed by atoms with Gasteiger partial charge in [-0.2, -0.15) is 0 Å². The van der Waals surface area contributed by atoms with Crippen molar-refractivity contribution in [3.8, 4) is 0 Å². The van der Waals surface area contributed by atoms with Crippen molar-refractivity contribution in [2.75, 3.05) is 5.73 Å². The zero-order valence-corrected chi connectivity index (χ0v) is 11.0. The second kappa shape index (κ2) is 5.87. The first-order chi connectivity index (χ1) is 9.47. The van der Waals surface area contributed by atoms with Gasteiger partial charge in [0.25, 0.3) is 5.69 Å². The van der Waals surface area contributed by atoms with Gasteiger partial charge in [0.1, 0.15) is 11.6 Å². The maximum atomic E-state index is 13.2. The number of rotatable bonds is 4. The number of nitrogens with zero attached hydrogens (tertiary/aromatic N) is 1. The Kier molecular flexibility index (Phi) is 4.19. The van der Waals surface area contributed by atoms with E-state index in [1.165, 1.54) is 18.2 Å².